The zero-order chi connectivity index (χ0) is 31.2. The molecule has 0 unspecified atom stereocenters. The van der Waals surface area contributed by atoms with E-state index < -0.39 is 35.4 Å². The maximum absolute atomic E-state index is 13.5. The highest BCUT2D eigenvalue weighted by molar-refractivity contribution is 5.92. The van der Waals surface area contributed by atoms with Crippen LogP contribution in [0.1, 0.15) is 73.8 Å². The summed E-state index contributed by atoms with van der Waals surface area (Å²) in [6, 6.07) is 11.4. The number of carbonyl (C=O) groups excluding carboxylic acids is 2. The zero-order valence-electron chi connectivity index (χ0n) is 24.5. The highest BCUT2D eigenvalue weighted by Gasteiger charge is 2.31. The summed E-state index contributed by atoms with van der Waals surface area (Å²) < 4.78 is 57.0. The number of ether oxygens (including phenoxy) is 3. The minimum absolute atomic E-state index is 0.0320. The van der Waals surface area contributed by atoms with Crippen LogP contribution in [0, 0.1) is 0 Å². The maximum atomic E-state index is 13.5. The Hall–Kier alpha value is -4.19. The van der Waals surface area contributed by atoms with E-state index in [1.54, 1.807) is 52.0 Å². The first-order valence-corrected chi connectivity index (χ1v) is 13.9. The second kappa shape index (κ2) is 13.4. The molecule has 1 atom stereocenters. The van der Waals surface area contributed by atoms with Crippen molar-refractivity contribution in [3.05, 3.63) is 77.1 Å². The lowest BCUT2D eigenvalue weighted by Gasteiger charge is -2.22. The van der Waals surface area contributed by atoms with Gasteiger partial charge in [-0.25, -0.2) is 9.78 Å². The maximum Gasteiger partial charge on any atom is 0.416 e. The number of aromatic nitrogens is 2. The van der Waals surface area contributed by atoms with Crippen LogP contribution < -0.4 is 15.4 Å². The standard InChI is InChI=1S/C31H35F3N4O5/c1-19(37-27(39)26-11-14-35-28(38-26)42-24-12-15-41-16-13-24)20-5-7-21(8-6-20)25-17-23(31(32,33)34)10-9-22(25)18-36-29(40)43-30(2,3)4/h5-11,14,17,19,24H,12-13,15-16,18H2,1-4H3,(H,36,40)(H,37,39)/t19-/m1/s1. The van der Waals surface area contributed by atoms with Crippen molar-refractivity contribution in [2.24, 2.45) is 0 Å². The first kappa shape index (κ1) is 31.7. The van der Waals surface area contributed by atoms with Gasteiger partial charge in [-0.05, 0) is 68.1 Å². The van der Waals surface area contributed by atoms with Gasteiger partial charge in [-0.1, -0.05) is 30.3 Å². The Labute approximate surface area is 248 Å². The molecule has 0 aliphatic carbocycles. The van der Waals surface area contributed by atoms with Crippen molar-refractivity contribution >= 4 is 12.0 Å². The number of carbonyl (C=O) groups is 2. The smallest absolute Gasteiger partial charge is 0.416 e. The van der Waals surface area contributed by atoms with Gasteiger partial charge in [-0.3, -0.25) is 4.79 Å². The van der Waals surface area contributed by atoms with Crippen molar-refractivity contribution in [3.8, 4) is 17.1 Å². The van der Waals surface area contributed by atoms with Crippen molar-refractivity contribution in [1.82, 2.24) is 20.6 Å². The Morgan fingerprint density at radius 2 is 1.74 bits per heavy atom. The predicted molar refractivity (Wildman–Crippen MR) is 152 cm³/mol. The number of hydrogen-bond donors (Lipinski definition) is 2. The lowest BCUT2D eigenvalue weighted by molar-refractivity contribution is -0.137. The highest BCUT2D eigenvalue weighted by Crippen LogP contribution is 2.34. The SMILES string of the molecule is C[C@@H](NC(=O)c1ccnc(OC2CCOCC2)n1)c1ccc(-c2cc(C(F)(F)F)ccc2CNC(=O)OC(C)(C)C)cc1. The number of rotatable bonds is 8. The summed E-state index contributed by atoms with van der Waals surface area (Å²) in [4.78, 5) is 33.4. The summed E-state index contributed by atoms with van der Waals surface area (Å²) in [7, 11) is 0. The first-order valence-electron chi connectivity index (χ1n) is 13.9. The summed E-state index contributed by atoms with van der Waals surface area (Å²) in [5, 5.41) is 5.48. The summed E-state index contributed by atoms with van der Waals surface area (Å²) in [5.74, 6) is -0.427. The molecule has 230 valence electrons. The number of alkyl halides is 3. The van der Waals surface area contributed by atoms with Crippen molar-refractivity contribution in [3.63, 3.8) is 0 Å². The van der Waals surface area contributed by atoms with Gasteiger partial charge in [0, 0.05) is 25.6 Å². The molecule has 4 rings (SSSR count). The number of alkyl carbamates (subject to hydrolysis) is 1. The fourth-order valence-electron chi connectivity index (χ4n) is 4.43. The molecule has 2 aromatic carbocycles. The summed E-state index contributed by atoms with van der Waals surface area (Å²) in [6.07, 6.45) is -2.40. The van der Waals surface area contributed by atoms with Crippen LogP contribution in [0.3, 0.4) is 0 Å². The Bertz CT molecular complexity index is 1420. The molecular weight excluding hydrogens is 565 g/mol. The third-order valence-electron chi connectivity index (χ3n) is 6.64. The van der Waals surface area contributed by atoms with Crippen LogP contribution in [0.5, 0.6) is 6.01 Å². The minimum Gasteiger partial charge on any atom is -0.460 e. The van der Waals surface area contributed by atoms with Crippen LogP contribution in [0.25, 0.3) is 11.1 Å². The molecule has 0 saturated carbocycles. The molecule has 43 heavy (non-hydrogen) atoms. The molecule has 9 nitrogen and oxygen atoms in total. The third-order valence-corrected chi connectivity index (χ3v) is 6.64. The molecule has 1 aliphatic heterocycles. The summed E-state index contributed by atoms with van der Waals surface area (Å²) in [5.41, 5.74) is 0.654. The van der Waals surface area contributed by atoms with Crippen LogP contribution in [0.15, 0.2) is 54.7 Å². The highest BCUT2D eigenvalue weighted by atomic mass is 19.4. The van der Waals surface area contributed by atoms with Gasteiger partial charge in [0.1, 0.15) is 17.4 Å². The van der Waals surface area contributed by atoms with Crippen molar-refractivity contribution in [2.45, 2.75) is 71.0 Å². The lowest BCUT2D eigenvalue weighted by atomic mass is 9.95. The van der Waals surface area contributed by atoms with Crippen molar-refractivity contribution in [1.29, 1.82) is 0 Å². The average Bonchev–Trinajstić information content (AvgIpc) is 2.95. The summed E-state index contributed by atoms with van der Waals surface area (Å²) in [6.45, 7) is 8.10. The molecule has 1 aromatic heterocycles. The molecule has 1 fully saturated rings. The molecule has 0 bridgehead atoms. The fourth-order valence-corrected chi connectivity index (χ4v) is 4.43. The molecule has 1 saturated heterocycles. The van der Waals surface area contributed by atoms with E-state index in [0.717, 1.165) is 30.5 Å². The van der Waals surface area contributed by atoms with Crippen LogP contribution in [-0.2, 0) is 22.2 Å². The quantitative estimate of drug-likeness (QED) is 0.315. The molecule has 2 amide bonds. The van der Waals surface area contributed by atoms with E-state index in [1.165, 1.54) is 18.3 Å². The van der Waals surface area contributed by atoms with Crippen molar-refractivity contribution < 1.29 is 37.0 Å². The second-order valence-electron chi connectivity index (χ2n) is 11.2. The van der Waals surface area contributed by atoms with Gasteiger partial charge < -0.3 is 24.8 Å². The third kappa shape index (κ3) is 9.15. The van der Waals surface area contributed by atoms with E-state index in [2.05, 4.69) is 20.6 Å². The minimum atomic E-state index is -4.54. The topological polar surface area (TPSA) is 112 Å². The number of halogens is 3. The predicted octanol–water partition coefficient (Wildman–Crippen LogP) is 6.24. The van der Waals surface area contributed by atoms with E-state index in [4.69, 9.17) is 14.2 Å². The molecule has 2 heterocycles. The Kier molecular flexibility index (Phi) is 9.90. The number of amides is 2. The lowest BCUT2D eigenvalue weighted by Crippen LogP contribution is -2.32. The van der Waals surface area contributed by atoms with Gasteiger partial charge in [0.2, 0.25) is 0 Å². The Balaban J connectivity index is 1.47. The molecule has 3 aromatic rings. The van der Waals surface area contributed by atoms with Gasteiger partial charge in [0.05, 0.1) is 24.8 Å². The number of nitrogens with zero attached hydrogens (tertiary/aromatic N) is 2. The number of benzene rings is 2. The van der Waals surface area contributed by atoms with Gasteiger partial charge in [0.15, 0.2) is 0 Å². The molecule has 0 radical (unpaired) electrons. The Morgan fingerprint density at radius 3 is 2.40 bits per heavy atom. The van der Waals surface area contributed by atoms with E-state index >= 15 is 0 Å². The van der Waals surface area contributed by atoms with Crippen LogP contribution >= 0.6 is 0 Å². The monoisotopic (exact) mass is 600 g/mol. The Morgan fingerprint density at radius 1 is 1.05 bits per heavy atom. The summed E-state index contributed by atoms with van der Waals surface area (Å²) >= 11 is 0. The fraction of sp³-hybridized carbons (Fsp3) is 0.419. The number of hydrogen-bond acceptors (Lipinski definition) is 7. The van der Waals surface area contributed by atoms with E-state index in [0.29, 0.717) is 29.9 Å². The first-order chi connectivity index (χ1) is 20.3. The van der Waals surface area contributed by atoms with E-state index in [-0.39, 0.29) is 24.4 Å². The van der Waals surface area contributed by atoms with Crippen molar-refractivity contribution in [2.75, 3.05) is 13.2 Å². The molecule has 1 aliphatic rings. The number of nitrogens with one attached hydrogen (secondary N) is 2. The van der Waals surface area contributed by atoms with E-state index in [9.17, 15) is 22.8 Å². The van der Waals surface area contributed by atoms with Crippen LogP contribution in [0.4, 0.5) is 18.0 Å². The van der Waals surface area contributed by atoms with E-state index in [1.807, 2.05) is 0 Å². The molecule has 12 heteroatoms. The largest absolute Gasteiger partial charge is 0.460 e. The van der Waals surface area contributed by atoms with Gasteiger partial charge in [-0.2, -0.15) is 18.2 Å². The van der Waals surface area contributed by atoms with Crippen LogP contribution in [-0.4, -0.2) is 46.9 Å². The average molecular weight is 601 g/mol. The second-order valence-corrected chi connectivity index (χ2v) is 11.2. The molecule has 2 N–H and O–H groups in total. The zero-order valence-corrected chi connectivity index (χ0v) is 24.5. The van der Waals surface area contributed by atoms with Gasteiger partial charge in [-0.15, -0.1) is 0 Å². The normalized spacial score (nSPS) is 15.0. The van der Waals surface area contributed by atoms with Crippen LogP contribution in [0.2, 0.25) is 0 Å². The molecule has 0 spiro atoms. The molecular formula is C31H35F3N4O5. The van der Waals surface area contributed by atoms with Gasteiger partial charge >= 0.3 is 18.3 Å². The van der Waals surface area contributed by atoms with Gasteiger partial charge in [0.25, 0.3) is 5.91 Å².